The van der Waals surface area contributed by atoms with Gasteiger partial charge in [0.2, 0.25) is 0 Å². The first-order chi connectivity index (χ1) is 9.95. The van der Waals surface area contributed by atoms with E-state index in [1.165, 1.54) is 24.3 Å². The van der Waals surface area contributed by atoms with Crippen molar-refractivity contribution in [2.75, 3.05) is 13.1 Å². The monoisotopic (exact) mass is 308 g/mol. The van der Waals surface area contributed by atoms with Crippen LogP contribution in [-0.4, -0.2) is 46.5 Å². The van der Waals surface area contributed by atoms with Gasteiger partial charge in [-0.2, -0.15) is 0 Å². The van der Waals surface area contributed by atoms with Gasteiger partial charge in [0.25, 0.3) is 0 Å². The van der Waals surface area contributed by atoms with Crippen LogP contribution in [0.25, 0.3) is 0 Å². The number of ketones is 1. The minimum Gasteiger partial charge on any atom is -0.292 e. The average molecular weight is 309 g/mol. The Morgan fingerprint density at radius 1 is 1.05 bits per heavy atom. The standard InChI is InChI=1S/C14H13ClN2O4/c1-2-7-16-12(19)13(20)17(14(16)21)8-11(18)9-3-5-10(15)6-4-9/h3-6H,2,7-8H2,1H3. The molecule has 0 bridgehead atoms. The van der Waals surface area contributed by atoms with Crippen LogP contribution in [0.3, 0.4) is 0 Å². The van der Waals surface area contributed by atoms with Gasteiger partial charge in [0.05, 0.1) is 6.54 Å². The van der Waals surface area contributed by atoms with Gasteiger partial charge in [0, 0.05) is 17.1 Å². The summed E-state index contributed by atoms with van der Waals surface area (Å²) in [5.74, 6) is -2.28. The molecule has 1 aliphatic heterocycles. The van der Waals surface area contributed by atoms with Gasteiger partial charge >= 0.3 is 17.8 Å². The molecule has 1 aliphatic rings. The molecule has 0 radical (unpaired) electrons. The second-order valence-electron chi connectivity index (χ2n) is 4.56. The Balaban J connectivity index is 2.14. The third-order valence-electron chi connectivity index (χ3n) is 3.05. The molecule has 0 spiro atoms. The summed E-state index contributed by atoms with van der Waals surface area (Å²) in [4.78, 5) is 49.0. The van der Waals surface area contributed by atoms with E-state index in [1.807, 2.05) is 0 Å². The first kappa shape index (κ1) is 15.2. The van der Waals surface area contributed by atoms with Gasteiger partial charge in [-0.25, -0.2) is 9.69 Å². The van der Waals surface area contributed by atoms with E-state index in [0.29, 0.717) is 21.9 Å². The fourth-order valence-corrected chi connectivity index (χ4v) is 2.11. The number of carbonyl (C=O) groups is 4. The molecule has 1 saturated heterocycles. The first-order valence-corrected chi connectivity index (χ1v) is 6.79. The minimum absolute atomic E-state index is 0.162. The number of carbonyl (C=O) groups excluding carboxylic acids is 4. The van der Waals surface area contributed by atoms with Gasteiger partial charge < -0.3 is 0 Å². The molecule has 1 aromatic carbocycles. The summed E-state index contributed by atoms with van der Waals surface area (Å²) >= 11 is 5.72. The average Bonchev–Trinajstić information content (AvgIpc) is 2.66. The molecule has 6 nitrogen and oxygen atoms in total. The summed E-state index contributed by atoms with van der Waals surface area (Å²) in [6.07, 6.45) is 0.545. The van der Waals surface area contributed by atoms with E-state index in [9.17, 15) is 19.2 Å². The Bertz CT molecular complexity index is 612. The summed E-state index contributed by atoms with van der Waals surface area (Å²) in [5, 5.41) is 0.476. The van der Waals surface area contributed by atoms with Gasteiger partial charge in [0.1, 0.15) is 0 Å². The van der Waals surface area contributed by atoms with Crippen molar-refractivity contribution >= 4 is 35.2 Å². The smallest absolute Gasteiger partial charge is 0.292 e. The first-order valence-electron chi connectivity index (χ1n) is 6.41. The number of benzene rings is 1. The molecule has 7 heteroatoms. The predicted molar refractivity (Wildman–Crippen MR) is 74.9 cm³/mol. The topological polar surface area (TPSA) is 74.8 Å². The number of halogens is 1. The van der Waals surface area contributed by atoms with Crippen molar-refractivity contribution in [2.24, 2.45) is 0 Å². The minimum atomic E-state index is -0.962. The maximum atomic E-state index is 12.1. The highest BCUT2D eigenvalue weighted by Crippen LogP contribution is 2.15. The van der Waals surface area contributed by atoms with E-state index < -0.39 is 30.2 Å². The zero-order valence-corrected chi connectivity index (χ0v) is 12.1. The van der Waals surface area contributed by atoms with Gasteiger partial charge in [-0.05, 0) is 30.7 Å². The third-order valence-corrected chi connectivity index (χ3v) is 3.30. The van der Waals surface area contributed by atoms with E-state index >= 15 is 0 Å². The van der Waals surface area contributed by atoms with Crippen molar-refractivity contribution in [3.05, 3.63) is 34.9 Å². The summed E-state index contributed by atoms with van der Waals surface area (Å²) in [7, 11) is 0. The lowest BCUT2D eigenvalue weighted by Crippen LogP contribution is -2.37. The maximum Gasteiger partial charge on any atom is 0.334 e. The van der Waals surface area contributed by atoms with Crippen LogP contribution in [0.5, 0.6) is 0 Å². The Morgan fingerprint density at radius 2 is 1.62 bits per heavy atom. The van der Waals surface area contributed by atoms with Crippen molar-refractivity contribution in [2.45, 2.75) is 13.3 Å². The van der Waals surface area contributed by atoms with E-state index in [4.69, 9.17) is 11.6 Å². The fraction of sp³-hybridized carbons (Fsp3) is 0.286. The quantitative estimate of drug-likeness (QED) is 0.471. The normalized spacial score (nSPS) is 15.0. The highest BCUT2D eigenvalue weighted by atomic mass is 35.5. The van der Waals surface area contributed by atoms with Crippen molar-refractivity contribution in [1.29, 1.82) is 0 Å². The second kappa shape index (κ2) is 6.05. The van der Waals surface area contributed by atoms with E-state index in [2.05, 4.69) is 0 Å². The molecular formula is C14H13ClN2O4. The Kier molecular flexibility index (Phi) is 4.37. The molecule has 110 valence electrons. The summed E-state index contributed by atoms with van der Waals surface area (Å²) in [5.41, 5.74) is 0.321. The number of rotatable bonds is 5. The third kappa shape index (κ3) is 2.95. The molecule has 1 heterocycles. The van der Waals surface area contributed by atoms with Crippen molar-refractivity contribution in [1.82, 2.24) is 9.80 Å². The number of urea groups is 1. The van der Waals surface area contributed by atoms with E-state index in [-0.39, 0.29) is 6.54 Å². The largest absolute Gasteiger partial charge is 0.334 e. The number of imide groups is 2. The maximum absolute atomic E-state index is 12.1. The Labute approximate surface area is 126 Å². The summed E-state index contributed by atoms with van der Waals surface area (Å²) in [6, 6.07) is 5.34. The summed E-state index contributed by atoms with van der Waals surface area (Å²) in [6.45, 7) is 1.49. The van der Waals surface area contributed by atoms with Crippen molar-refractivity contribution in [3.63, 3.8) is 0 Å². The lowest BCUT2D eigenvalue weighted by atomic mass is 10.1. The van der Waals surface area contributed by atoms with Crippen LogP contribution in [0.4, 0.5) is 4.79 Å². The Morgan fingerprint density at radius 3 is 2.19 bits per heavy atom. The number of hydrogen-bond donors (Lipinski definition) is 0. The van der Waals surface area contributed by atoms with Crippen LogP contribution in [0.1, 0.15) is 23.7 Å². The van der Waals surface area contributed by atoms with Crippen molar-refractivity contribution in [3.8, 4) is 0 Å². The molecule has 21 heavy (non-hydrogen) atoms. The van der Waals surface area contributed by atoms with Gasteiger partial charge in [-0.15, -0.1) is 0 Å². The van der Waals surface area contributed by atoms with Crippen LogP contribution >= 0.6 is 11.6 Å². The van der Waals surface area contributed by atoms with Gasteiger partial charge in [-0.1, -0.05) is 18.5 Å². The number of nitrogens with zero attached hydrogens (tertiary/aromatic N) is 2. The lowest BCUT2D eigenvalue weighted by Gasteiger charge is -2.14. The molecule has 2 rings (SSSR count). The molecule has 1 aromatic rings. The number of amides is 4. The van der Waals surface area contributed by atoms with Crippen LogP contribution < -0.4 is 0 Å². The van der Waals surface area contributed by atoms with E-state index in [0.717, 1.165) is 4.90 Å². The van der Waals surface area contributed by atoms with Gasteiger partial charge in [-0.3, -0.25) is 19.3 Å². The molecule has 4 amide bonds. The number of hydrogen-bond acceptors (Lipinski definition) is 4. The molecule has 0 unspecified atom stereocenters. The van der Waals surface area contributed by atoms with Crippen LogP contribution in [0, 0.1) is 0 Å². The van der Waals surface area contributed by atoms with Gasteiger partial charge in [0.15, 0.2) is 5.78 Å². The number of Topliss-reactive ketones (excluding diaryl/α,β-unsaturated/α-hetero) is 1. The summed E-state index contributed by atoms with van der Waals surface area (Å²) < 4.78 is 0. The predicted octanol–water partition coefficient (Wildman–Crippen LogP) is 1.72. The lowest BCUT2D eigenvalue weighted by molar-refractivity contribution is -0.143. The zero-order valence-electron chi connectivity index (χ0n) is 11.3. The van der Waals surface area contributed by atoms with Crippen molar-refractivity contribution < 1.29 is 19.2 Å². The molecule has 0 N–H and O–H groups in total. The molecule has 0 saturated carbocycles. The second-order valence-corrected chi connectivity index (χ2v) is 5.00. The van der Waals surface area contributed by atoms with E-state index in [1.54, 1.807) is 6.92 Å². The fourth-order valence-electron chi connectivity index (χ4n) is 1.98. The molecular weight excluding hydrogens is 296 g/mol. The molecule has 0 aromatic heterocycles. The van der Waals surface area contributed by atoms with Crippen LogP contribution in [0.2, 0.25) is 5.02 Å². The zero-order chi connectivity index (χ0) is 15.6. The molecule has 0 atom stereocenters. The molecule has 1 fully saturated rings. The highest BCUT2D eigenvalue weighted by Gasteiger charge is 2.44. The Hall–Kier alpha value is -2.21. The SMILES string of the molecule is CCCN1C(=O)C(=O)N(CC(=O)c2ccc(Cl)cc2)C1=O. The van der Waals surface area contributed by atoms with Crippen LogP contribution in [-0.2, 0) is 9.59 Å². The highest BCUT2D eigenvalue weighted by molar-refractivity contribution is 6.45. The molecule has 0 aliphatic carbocycles. The van der Waals surface area contributed by atoms with Crippen LogP contribution in [0.15, 0.2) is 24.3 Å².